The van der Waals surface area contributed by atoms with E-state index in [-0.39, 0.29) is 6.54 Å². The van der Waals surface area contributed by atoms with E-state index in [1.807, 2.05) is 6.07 Å². The molecule has 1 aromatic rings. The van der Waals surface area contributed by atoms with Crippen LogP contribution >= 0.6 is 11.6 Å². The van der Waals surface area contributed by atoms with Crippen LogP contribution in [0.5, 0.6) is 0 Å². The Morgan fingerprint density at radius 1 is 1.45 bits per heavy atom. The van der Waals surface area contributed by atoms with Crippen LogP contribution in [0.1, 0.15) is 24.0 Å². The van der Waals surface area contributed by atoms with Crippen molar-refractivity contribution in [2.75, 3.05) is 25.0 Å². The van der Waals surface area contributed by atoms with Crippen LogP contribution in [0.3, 0.4) is 0 Å². The van der Waals surface area contributed by atoms with Crippen LogP contribution in [0.2, 0.25) is 5.02 Å². The maximum Gasteiger partial charge on any atom is 0.322 e. The molecule has 5 heteroatoms. The number of aliphatic carboxylic acids is 1. The Morgan fingerprint density at radius 2 is 2.25 bits per heavy atom. The van der Waals surface area contributed by atoms with Gasteiger partial charge in [0, 0.05) is 19.6 Å². The van der Waals surface area contributed by atoms with Crippen LogP contribution in [-0.4, -0.2) is 35.6 Å². The fourth-order valence-electron chi connectivity index (χ4n) is 2.86. The molecule has 4 nitrogen and oxygen atoms in total. The number of carboxylic acids is 1. The van der Waals surface area contributed by atoms with Crippen molar-refractivity contribution in [1.82, 2.24) is 4.90 Å². The fraction of sp³-hybridized carbons (Fsp3) is 0.533. The van der Waals surface area contributed by atoms with Gasteiger partial charge in [-0.15, -0.1) is 0 Å². The van der Waals surface area contributed by atoms with Crippen molar-refractivity contribution < 1.29 is 9.90 Å². The normalized spacial score (nSPS) is 18.6. The average Bonchev–Trinajstić information content (AvgIpc) is 3.21. The first-order chi connectivity index (χ1) is 9.63. The molecule has 2 N–H and O–H groups in total. The number of anilines is 1. The standard InChI is InChI=1S/C15H19ClN2O2/c16-13-4-3-11-9-18(8-10-1-2-10)6-5-12(11)15(13)17-7-14(19)20/h3-4,10,17H,1-2,5-9H2,(H,19,20). The van der Waals surface area contributed by atoms with E-state index in [1.54, 1.807) is 0 Å². The van der Waals surface area contributed by atoms with E-state index in [9.17, 15) is 4.79 Å². The highest BCUT2D eigenvalue weighted by atomic mass is 35.5. The SMILES string of the molecule is O=C(O)CNc1c(Cl)ccc2c1CCN(CC1CC1)C2. The second kappa shape index (κ2) is 5.62. The van der Waals surface area contributed by atoms with Crippen LogP contribution in [0.4, 0.5) is 5.69 Å². The van der Waals surface area contributed by atoms with E-state index in [0.29, 0.717) is 5.02 Å². The third kappa shape index (κ3) is 3.07. The van der Waals surface area contributed by atoms with Crippen molar-refractivity contribution in [1.29, 1.82) is 0 Å². The molecule has 0 unspecified atom stereocenters. The van der Waals surface area contributed by atoms with Gasteiger partial charge in [0.25, 0.3) is 0 Å². The van der Waals surface area contributed by atoms with Crippen LogP contribution < -0.4 is 5.32 Å². The smallest absolute Gasteiger partial charge is 0.322 e. The quantitative estimate of drug-likeness (QED) is 0.876. The summed E-state index contributed by atoms with van der Waals surface area (Å²) in [5.41, 5.74) is 3.26. The third-order valence-corrected chi connectivity index (χ3v) is 4.38. The van der Waals surface area contributed by atoms with Gasteiger partial charge >= 0.3 is 5.97 Å². The van der Waals surface area contributed by atoms with Gasteiger partial charge in [-0.05, 0) is 42.4 Å². The monoisotopic (exact) mass is 294 g/mol. The minimum atomic E-state index is -0.871. The topological polar surface area (TPSA) is 52.6 Å². The number of hydrogen-bond acceptors (Lipinski definition) is 3. The average molecular weight is 295 g/mol. The first kappa shape index (κ1) is 13.7. The van der Waals surface area contributed by atoms with Crippen LogP contribution in [0.25, 0.3) is 0 Å². The van der Waals surface area contributed by atoms with Gasteiger partial charge in [0.15, 0.2) is 0 Å². The molecule has 1 fully saturated rings. The molecule has 2 aliphatic rings. The highest BCUT2D eigenvalue weighted by Crippen LogP contribution is 2.35. The lowest BCUT2D eigenvalue weighted by Gasteiger charge is -2.30. The van der Waals surface area contributed by atoms with Crippen molar-refractivity contribution in [2.45, 2.75) is 25.8 Å². The molecule has 1 aliphatic heterocycles. The molecule has 108 valence electrons. The molecular weight excluding hydrogens is 276 g/mol. The van der Waals surface area contributed by atoms with Crippen LogP contribution in [0, 0.1) is 5.92 Å². The molecule has 0 spiro atoms. The Hall–Kier alpha value is -1.26. The molecule has 1 aliphatic carbocycles. The van der Waals surface area contributed by atoms with Crippen molar-refractivity contribution >= 4 is 23.3 Å². The van der Waals surface area contributed by atoms with Gasteiger partial charge in [-0.25, -0.2) is 0 Å². The number of halogens is 1. The summed E-state index contributed by atoms with van der Waals surface area (Å²) >= 11 is 6.21. The number of hydrogen-bond donors (Lipinski definition) is 2. The molecular formula is C15H19ClN2O2. The van der Waals surface area contributed by atoms with Crippen molar-refractivity contribution in [3.05, 3.63) is 28.3 Å². The summed E-state index contributed by atoms with van der Waals surface area (Å²) in [5.74, 6) is 0.0262. The zero-order chi connectivity index (χ0) is 14.1. The predicted octanol–water partition coefficient (Wildman–Crippen LogP) is 2.60. The Bertz CT molecular complexity index is 529. The second-order valence-corrected chi connectivity index (χ2v) is 6.14. The van der Waals surface area contributed by atoms with Gasteiger partial charge in [-0.2, -0.15) is 0 Å². The number of carboxylic acid groups (broad SMARTS) is 1. The van der Waals surface area contributed by atoms with Crippen LogP contribution in [-0.2, 0) is 17.8 Å². The summed E-state index contributed by atoms with van der Waals surface area (Å²) in [5, 5.41) is 12.4. The molecule has 0 atom stereocenters. The lowest BCUT2D eigenvalue weighted by molar-refractivity contribution is -0.134. The van der Waals surface area contributed by atoms with Gasteiger partial charge in [-0.1, -0.05) is 17.7 Å². The summed E-state index contributed by atoms with van der Waals surface area (Å²) < 4.78 is 0. The summed E-state index contributed by atoms with van der Waals surface area (Å²) in [6.07, 6.45) is 3.68. The number of nitrogens with one attached hydrogen (secondary N) is 1. The van der Waals surface area contributed by atoms with Gasteiger partial charge in [0.2, 0.25) is 0 Å². The zero-order valence-electron chi connectivity index (χ0n) is 11.4. The van der Waals surface area contributed by atoms with Crippen molar-refractivity contribution in [3.63, 3.8) is 0 Å². The molecule has 0 aromatic heterocycles. The van der Waals surface area contributed by atoms with Gasteiger partial charge in [-0.3, -0.25) is 9.69 Å². The van der Waals surface area contributed by atoms with E-state index >= 15 is 0 Å². The Labute approximate surface area is 123 Å². The molecule has 1 aromatic carbocycles. The van der Waals surface area contributed by atoms with Crippen LogP contribution in [0.15, 0.2) is 12.1 Å². The second-order valence-electron chi connectivity index (χ2n) is 5.74. The molecule has 0 saturated heterocycles. The first-order valence-corrected chi connectivity index (χ1v) is 7.49. The zero-order valence-corrected chi connectivity index (χ0v) is 12.1. The van der Waals surface area contributed by atoms with Crippen molar-refractivity contribution in [3.8, 4) is 0 Å². The van der Waals surface area contributed by atoms with Gasteiger partial charge in [0.05, 0.1) is 10.7 Å². The molecule has 0 radical (unpaired) electrons. The fourth-order valence-corrected chi connectivity index (χ4v) is 3.11. The number of fused-ring (bicyclic) bond motifs is 1. The number of rotatable bonds is 5. The molecule has 1 heterocycles. The Kier molecular flexibility index (Phi) is 3.85. The Morgan fingerprint density at radius 3 is 2.95 bits per heavy atom. The van der Waals surface area contributed by atoms with Gasteiger partial charge < -0.3 is 10.4 Å². The number of carbonyl (C=O) groups is 1. The van der Waals surface area contributed by atoms with E-state index in [4.69, 9.17) is 16.7 Å². The van der Waals surface area contributed by atoms with E-state index in [0.717, 1.165) is 31.1 Å². The summed E-state index contributed by atoms with van der Waals surface area (Å²) in [6, 6.07) is 3.94. The highest BCUT2D eigenvalue weighted by Gasteiger charge is 2.27. The number of nitrogens with zero attached hydrogens (tertiary/aromatic N) is 1. The first-order valence-electron chi connectivity index (χ1n) is 7.12. The highest BCUT2D eigenvalue weighted by molar-refractivity contribution is 6.33. The molecule has 3 rings (SSSR count). The van der Waals surface area contributed by atoms with E-state index in [2.05, 4.69) is 16.3 Å². The molecule has 0 bridgehead atoms. The van der Waals surface area contributed by atoms with Crippen molar-refractivity contribution in [2.24, 2.45) is 5.92 Å². The van der Waals surface area contributed by atoms with E-state index in [1.165, 1.54) is 30.5 Å². The number of benzene rings is 1. The maximum absolute atomic E-state index is 10.7. The molecule has 0 amide bonds. The minimum Gasteiger partial charge on any atom is -0.480 e. The lowest BCUT2D eigenvalue weighted by atomic mass is 9.97. The van der Waals surface area contributed by atoms with Gasteiger partial charge in [0.1, 0.15) is 6.54 Å². The van der Waals surface area contributed by atoms with E-state index < -0.39 is 5.97 Å². The maximum atomic E-state index is 10.7. The molecule has 1 saturated carbocycles. The minimum absolute atomic E-state index is 0.0953. The Balaban J connectivity index is 1.77. The summed E-state index contributed by atoms with van der Waals surface area (Å²) in [4.78, 5) is 13.2. The lowest BCUT2D eigenvalue weighted by Crippen LogP contribution is -2.32. The summed E-state index contributed by atoms with van der Waals surface area (Å²) in [6.45, 7) is 3.08. The predicted molar refractivity (Wildman–Crippen MR) is 79.3 cm³/mol. The largest absolute Gasteiger partial charge is 0.480 e. The molecule has 20 heavy (non-hydrogen) atoms. The summed E-state index contributed by atoms with van der Waals surface area (Å²) in [7, 11) is 0. The third-order valence-electron chi connectivity index (χ3n) is 4.06.